The molecule has 1 aliphatic carbocycles. The summed E-state index contributed by atoms with van der Waals surface area (Å²) >= 11 is 0. The third kappa shape index (κ3) is 2.48. The van der Waals surface area contributed by atoms with E-state index in [1.54, 1.807) is 13.2 Å². The Hall–Kier alpha value is -1.16. The van der Waals surface area contributed by atoms with Crippen LogP contribution in [0.15, 0.2) is 18.2 Å². The van der Waals surface area contributed by atoms with Gasteiger partial charge in [-0.3, -0.25) is 0 Å². The molecule has 0 amide bonds. The van der Waals surface area contributed by atoms with Crippen molar-refractivity contribution in [3.05, 3.63) is 29.3 Å². The Bertz CT molecular complexity index is 414. The number of ether oxygens (including phenoxy) is 1. The molecule has 18 heavy (non-hydrogen) atoms. The second-order valence-electron chi connectivity index (χ2n) is 4.98. The van der Waals surface area contributed by atoms with Gasteiger partial charge >= 0.3 is 0 Å². The molecule has 0 heterocycles. The van der Waals surface area contributed by atoms with Crippen LogP contribution < -0.4 is 10.5 Å². The molecule has 1 aromatic carbocycles. The van der Waals surface area contributed by atoms with Gasteiger partial charge in [0.05, 0.1) is 7.11 Å². The molecule has 0 bridgehead atoms. The van der Waals surface area contributed by atoms with Crippen LogP contribution in [0.5, 0.6) is 5.75 Å². The Morgan fingerprint density at radius 3 is 2.44 bits per heavy atom. The first-order valence-electron chi connectivity index (χ1n) is 6.32. The second kappa shape index (κ2) is 5.22. The van der Waals surface area contributed by atoms with E-state index in [0.29, 0.717) is 5.75 Å². The summed E-state index contributed by atoms with van der Waals surface area (Å²) in [5, 5.41) is 0. The van der Waals surface area contributed by atoms with Gasteiger partial charge in [-0.25, -0.2) is 8.78 Å². The standard InChI is InChI=1S/C14H19F2NO/c1-18-12-6-5-10(13(15)16)9-11(12)14(17)7-3-2-4-8-14/h5-6,9,13H,2-4,7-8,17H2,1H3. The molecule has 4 heteroatoms. The van der Waals surface area contributed by atoms with E-state index in [1.807, 2.05) is 0 Å². The molecule has 100 valence electrons. The fourth-order valence-corrected chi connectivity index (χ4v) is 2.70. The van der Waals surface area contributed by atoms with Crippen molar-refractivity contribution >= 4 is 0 Å². The number of hydrogen-bond donors (Lipinski definition) is 1. The lowest BCUT2D eigenvalue weighted by Crippen LogP contribution is -2.39. The molecule has 2 rings (SSSR count). The molecule has 0 atom stereocenters. The highest BCUT2D eigenvalue weighted by Gasteiger charge is 2.32. The summed E-state index contributed by atoms with van der Waals surface area (Å²) in [5.74, 6) is 0.615. The lowest BCUT2D eigenvalue weighted by Gasteiger charge is -2.35. The lowest BCUT2D eigenvalue weighted by atomic mass is 9.76. The summed E-state index contributed by atoms with van der Waals surface area (Å²) in [6, 6.07) is 4.51. The monoisotopic (exact) mass is 255 g/mol. The van der Waals surface area contributed by atoms with Crippen molar-refractivity contribution in [2.45, 2.75) is 44.1 Å². The molecular formula is C14H19F2NO. The van der Waals surface area contributed by atoms with Gasteiger partial charge in [0.15, 0.2) is 0 Å². The molecule has 2 N–H and O–H groups in total. The van der Waals surface area contributed by atoms with Crippen molar-refractivity contribution < 1.29 is 13.5 Å². The summed E-state index contributed by atoms with van der Waals surface area (Å²) < 4.78 is 30.9. The van der Waals surface area contributed by atoms with Gasteiger partial charge in [-0.05, 0) is 31.0 Å². The van der Waals surface area contributed by atoms with Crippen LogP contribution in [0.25, 0.3) is 0 Å². The summed E-state index contributed by atoms with van der Waals surface area (Å²) in [7, 11) is 1.55. The molecule has 0 aliphatic heterocycles. The van der Waals surface area contributed by atoms with Gasteiger partial charge < -0.3 is 10.5 Å². The second-order valence-corrected chi connectivity index (χ2v) is 4.98. The molecule has 0 radical (unpaired) electrons. The van der Waals surface area contributed by atoms with Gasteiger partial charge in [-0.2, -0.15) is 0 Å². The molecule has 1 aromatic rings. The number of rotatable bonds is 3. The summed E-state index contributed by atoms with van der Waals surface area (Å²) in [5.41, 5.74) is 6.62. The first-order chi connectivity index (χ1) is 8.57. The Morgan fingerprint density at radius 1 is 1.22 bits per heavy atom. The largest absolute Gasteiger partial charge is 0.496 e. The van der Waals surface area contributed by atoms with Gasteiger partial charge in [0.25, 0.3) is 6.43 Å². The quantitative estimate of drug-likeness (QED) is 0.892. The van der Waals surface area contributed by atoms with E-state index in [-0.39, 0.29) is 5.56 Å². The maximum atomic E-state index is 12.8. The zero-order chi connectivity index (χ0) is 13.2. The van der Waals surface area contributed by atoms with E-state index in [4.69, 9.17) is 10.5 Å². The maximum absolute atomic E-state index is 12.8. The van der Waals surface area contributed by atoms with Crippen LogP contribution in [0, 0.1) is 0 Å². The van der Waals surface area contributed by atoms with Gasteiger partial charge in [0.2, 0.25) is 0 Å². The lowest BCUT2D eigenvalue weighted by molar-refractivity contribution is 0.151. The topological polar surface area (TPSA) is 35.2 Å². The average molecular weight is 255 g/mol. The van der Waals surface area contributed by atoms with Crippen LogP contribution in [-0.2, 0) is 5.54 Å². The van der Waals surface area contributed by atoms with Crippen LogP contribution in [0.1, 0.15) is 49.7 Å². The van der Waals surface area contributed by atoms with Crippen LogP contribution in [0.2, 0.25) is 0 Å². The number of benzene rings is 1. The van der Waals surface area contributed by atoms with Crippen LogP contribution in [0.4, 0.5) is 8.78 Å². The fraction of sp³-hybridized carbons (Fsp3) is 0.571. The van der Waals surface area contributed by atoms with Gasteiger partial charge in [-0.15, -0.1) is 0 Å². The van der Waals surface area contributed by atoms with Crippen molar-refractivity contribution in [1.29, 1.82) is 0 Å². The zero-order valence-corrected chi connectivity index (χ0v) is 10.6. The summed E-state index contributed by atoms with van der Waals surface area (Å²) in [6.45, 7) is 0. The Morgan fingerprint density at radius 2 is 1.89 bits per heavy atom. The van der Waals surface area contributed by atoms with Crippen LogP contribution >= 0.6 is 0 Å². The SMILES string of the molecule is COc1ccc(C(F)F)cc1C1(N)CCCCC1. The Balaban J connectivity index is 2.42. The first-order valence-corrected chi connectivity index (χ1v) is 6.32. The average Bonchev–Trinajstić information content (AvgIpc) is 2.38. The number of nitrogens with two attached hydrogens (primary N) is 1. The number of methoxy groups -OCH3 is 1. The van der Waals surface area contributed by atoms with E-state index in [0.717, 1.165) is 37.7 Å². The summed E-state index contributed by atoms with van der Waals surface area (Å²) in [4.78, 5) is 0. The molecule has 2 nitrogen and oxygen atoms in total. The van der Waals surface area contributed by atoms with Crippen molar-refractivity contribution in [1.82, 2.24) is 0 Å². The Kier molecular flexibility index (Phi) is 3.85. The van der Waals surface area contributed by atoms with E-state index in [2.05, 4.69) is 0 Å². The third-order valence-electron chi connectivity index (χ3n) is 3.76. The molecule has 0 saturated heterocycles. The van der Waals surface area contributed by atoms with Crippen molar-refractivity contribution in [3.8, 4) is 5.75 Å². The van der Waals surface area contributed by atoms with Crippen LogP contribution in [0.3, 0.4) is 0 Å². The molecule has 0 unspecified atom stereocenters. The molecule has 1 aliphatic rings. The normalized spacial score (nSPS) is 18.9. The molecular weight excluding hydrogens is 236 g/mol. The zero-order valence-electron chi connectivity index (χ0n) is 10.6. The van der Waals surface area contributed by atoms with E-state index >= 15 is 0 Å². The predicted octanol–water partition coefficient (Wildman–Crippen LogP) is 3.75. The Labute approximate surface area is 106 Å². The molecule has 1 saturated carbocycles. The first kappa shape index (κ1) is 13.3. The van der Waals surface area contributed by atoms with Crippen molar-refractivity contribution in [2.75, 3.05) is 7.11 Å². The van der Waals surface area contributed by atoms with E-state index < -0.39 is 12.0 Å². The maximum Gasteiger partial charge on any atom is 0.263 e. The van der Waals surface area contributed by atoms with Gasteiger partial charge in [0, 0.05) is 16.7 Å². The molecule has 0 spiro atoms. The van der Waals surface area contributed by atoms with E-state index in [1.165, 1.54) is 12.1 Å². The van der Waals surface area contributed by atoms with Crippen molar-refractivity contribution in [3.63, 3.8) is 0 Å². The smallest absolute Gasteiger partial charge is 0.263 e. The minimum atomic E-state index is -2.47. The van der Waals surface area contributed by atoms with Crippen molar-refractivity contribution in [2.24, 2.45) is 5.73 Å². The minimum Gasteiger partial charge on any atom is -0.496 e. The fourth-order valence-electron chi connectivity index (χ4n) is 2.70. The van der Waals surface area contributed by atoms with E-state index in [9.17, 15) is 8.78 Å². The molecule has 1 fully saturated rings. The highest BCUT2D eigenvalue weighted by molar-refractivity contribution is 5.42. The summed E-state index contributed by atoms with van der Waals surface area (Å²) in [6.07, 6.45) is 2.43. The predicted molar refractivity (Wildman–Crippen MR) is 66.9 cm³/mol. The number of halogens is 2. The minimum absolute atomic E-state index is 0.0150. The van der Waals surface area contributed by atoms with Gasteiger partial charge in [0.1, 0.15) is 5.75 Å². The van der Waals surface area contributed by atoms with Crippen LogP contribution in [-0.4, -0.2) is 7.11 Å². The number of alkyl halides is 2. The molecule has 0 aromatic heterocycles. The highest BCUT2D eigenvalue weighted by atomic mass is 19.3. The third-order valence-corrected chi connectivity index (χ3v) is 3.76. The number of hydrogen-bond acceptors (Lipinski definition) is 2. The van der Waals surface area contributed by atoms with Gasteiger partial charge in [-0.1, -0.05) is 19.3 Å². The highest BCUT2D eigenvalue weighted by Crippen LogP contribution is 2.40.